The van der Waals surface area contributed by atoms with E-state index in [-0.39, 0.29) is 11.8 Å². The molecule has 0 aromatic heterocycles. The molecule has 1 aliphatic heterocycles. The molecule has 3 rings (SSSR count). The number of ether oxygens (including phenoxy) is 3. The Morgan fingerprint density at radius 2 is 1.67 bits per heavy atom. The van der Waals surface area contributed by atoms with E-state index in [1.807, 2.05) is 6.92 Å². The first-order valence-electron chi connectivity index (χ1n) is 7.40. The minimum Gasteiger partial charge on any atom is -0.497 e. The molecule has 122 valence electrons. The van der Waals surface area contributed by atoms with Crippen LogP contribution in [0.2, 0.25) is 0 Å². The standard InChI is InChI=1S/C19H16O5/c1-11(13-4-6-14(7-5-13)23-12(2)20)19-18(21)16-9-8-15(22-3)10-17(16)24-19/h4-10H,1-3H3/b19-11-. The van der Waals surface area contributed by atoms with Crippen molar-refractivity contribution in [3.8, 4) is 17.2 Å². The monoisotopic (exact) mass is 324 g/mol. The zero-order chi connectivity index (χ0) is 17.3. The predicted octanol–water partition coefficient (Wildman–Crippen LogP) is 3.63. The van der Waals surface area contributed by atoms with Crippen LogP contribution in [0.1, 0.15) is 29.8 Å². The largest absolute Gasteiger partial charge is 0.497 e. The van der Waals surface area contributed by atoms with Crippen LogP contribution in [0.4, 0.5) is 0 Å². The number of hydrogen-bond acceptors (Lipinski definition) is 5. The number of carbonyl (C=O) groups excluding carboxylic acids is 2. The highest BCUT2D eigenvalue weighted by molar-refractivity contribution is 6.16. The summed E-state index contributed by atoms with van der Waals surface area (Å²) in [5.74, 6) is 1.33. The van der Waals surface area contributed by atoms with E-state index in [9.17, 15) is 9.59 Å². The summed E-state index contributed by atoms with van der Waals surface area (Å²) in [5, 5.41) is 0. The van der Waals surface area contributed by atoms with Crippen molar-refractivity contribution in [2.75, 3.05) is 7.11 Å². The Hall–Kier alpha value is -3.08. The van der Waals surface area contributed by atoms with Crippen LogP contribution < -0.4 is 14.2 Å². The van der Waals surface area contributed by atoms with Gasteiger partial charge in [-0.3, -0.25) is 9.59 Å². The molecule has 0 atom stereocenters. The lowest BCUT2D eigenvalue weighted by Crippen LogP contribution is -2.03. The minimum atomic E-state index is -0.378. The minimum absolute atomic E-state index is 0.158. The molecule has 0 unspecified atom stereocenters. The molecule has 0 amide bonds. The molecule has 2 aromatic rings. The maximum absolute atomic E-state index is 12.5. The molecule has 0 aliphatic carbocycles. The van der Waals surface area contributed by atoms with Crippen LogP contribution >= 0.6 is 0 Å². The molecule has 0 saturated heterocycles. The second-order valence-corrected chi connectivity index (χ2v) is 5.37. The molecule has 0 N–H and O–H groups in total. The van der Waals surface area contributed by atoms with Crippen molar-refractivity contribution in [3.63, 3.8) is 0 Å². The third-order valence-electron chi connectivity index (χ3n) is 3.74. The lowest BCUT2D eigenvalue weighted by molar-refractivity contribution is -0.131. The van der Waals surface area contributed by atoms with Crippen molar-refractivity contribution in [2.45, 2.75) is 13.8 Å². The van der Waals surface area contributed by atoms with E-state index in [2.05, 4.69) is 0 Å². The van der Waals surface area contributed by atoms with Gasteiger partial charge in [0.15, 0.2) is 5.76 Å². The summed E-state index contributed by atoms with van der Waals surface area (Å²) in [6.45, 7) is 3.16. The van der Waals surface area contributed by atoms with Gasteiger partial charge in [0.25, 0.3) is 0 Å². The highest BCUT2D eigenvalue weighted by atomic mass is 16.5. The normalized spacial score (nSPS) is 14.7. The van der Waals surface area contributed by atoms with E-state index in [1.54, 1.807) is 49.6 Å². The SMILES string of the molecule is COc1ccc2c(c1)O/C(=C(/C)c1ccc(OC(C)=O)cc1)C2=O. The second-order valence-electron chi connectivity index (χ2n) is 5.37. The van der Waals surface area contributed by atoms with Crippen molar-refractivity contribution in [1.29, 1.82) is 0 Å². The molecule has 0 fully saturated rings. The van der Waals surface area contributed by atoms with Crippen molar-refractivity contribution >= 4 is 17.3 Å². The first-order chi connectivity index (χ1) is 11.5. The summed E-state index contributed by atoms with van der Waals surface area (Å²) < 4.78 is 15.9. The number of carbonyl (C=O) groups is 2. The summed E-state index contributed by atoms with van der Waals surface area (Å²) in [7, 11) is 1.56. The van der Waals surface area contributed by atoms with Crippen molar-refractivity contribution in [3.05, 3.63) is 59.4 Å². The van der Waals surface area contributed by atoms with Gasteiger partial charge in [0.2, 0.25) is 5.78 Å². The smallest absolute Gasteiger partial charge is 0.308 e. The summed E-state index contributed by atoms with van der Waals surface area (Å²) in [6, 6.07) is 12.0. The van der Waals surface area contributed by atoms with Gasteiger partial charge in [0.05, 0.1) is 12.7 Å². The van der Waals surface area contributed by atoms with Crippen LogP contribution in [0.25, 0.3) is 5.57 Å². The number of rotatable bonds is 3. The molecule has 0 spiro atoms. The molecule has 1 aliphatic rings. The molecular weight excluding hydrogens is 308 g/mol. The van der Waals surface area contributed by atoms with Gasteiger partial charge in [-0.1, -0.05) is 12.1 Å². The number of methoxy groups -OCH3 is 1. The average Bonchev–Trinajstić information content (AvgIpc) is 2.90. The Balaban J connectivity index is 1.92. The number of esters is 1. The Kier molecular flexibility index (Phi) is 4.08. The van der Waals surface area contributed by atoms with Crippen molar-refractivity contribution < 1.29 is 23.8 Å². The topological polar surface area (TPSA) is 61.8 Å². The van der Waals surface area contributed by atoms with Crippen LogP contribution in [0, 0.1) is 0 Å². The number of hydrogen-bond donors (Lipinski definition) is 0. The van der Waals surface area contributed by atoms with Gasteiger partial charge < -0.3 is 14.2 Å². The predicted molar refractivity (Wildman–Crippen MR) is 88.3 cm³/mol. The average molecular weight is 324 g/mol. The van der Waals surface area contributed by atoms with Gasteiger partial charge in [0, 0.05) is 18.6 Å². The molecular formula is C19H16O5. The van der Waals surface area contributed by atoms with Gasteiger partial charge in [-0.25, -0.2) is 0 Å². The van der Waals surface area contributed by atoms with E-state index >= 15 is 0 Å². The van der Waals surface area contributed by atoms with E-state index in [0.29, 0.717) is 34.1 Å². The van der Waals surface area contributed by atoms with Crippen LogP contribution in [0.15, 0.2) is 48.2 Å². The summed E-state index contributed by atoms with van der Waals surface area (Å²) in [4.78, 5) is 23.5. The van der Waals surface area contributed by atoms with Crippen LogP contribution in [-0.4, -0.2) is 18.9 Å². The van der Waals surface area contributed by atoms with Crippen LogP contribution in [0.5, 0.6) is 17.2 Å². The van der Waals surface area contributed by atoms with E-state index in [1.165, 1.54) is 6.92 Å². The fourth-order valence-electron chi connectivity index (χ4n) is 2.50. The second kappa shape index (κ2) is 6.20. The van der Waals surface area contributed by atoms with Crippen molar-refractivity contribution in [2.24, 2.45) is 0 Å². The van der Waals surface area contributed by atoms with E-state index in [0.717, 1.165) is 5.56 Å². The summed E-state index contributed by atoms with van der Waals surface area (Å²) >= 11 is 0. The number of fused-ring (bicyclic) bond motifs is 1. The first kappa shape index (κ1) is 15.8. The van der Waals surface area contributed by atoms with Gasteiger partial charge in [-0.15, -0.1) is 0 Å². The van der Waals surface area contributed by atoms with E-state index < -0.39 is 0 Å². The quantitative estimate of drug-likeness (QED) is 0.490. The zero-order valence-corrected chi connectivity index (χ0v) is 13.6. The first-order valence-corrected chi connectivity index (χ1v) is 7.40. The third kappa shape index (κ3) is 2.88. The number of benzene rings is 2. The van der Waals surface area contributed by atoms with Gasteiger partial charge in [-0.2, -0.15) is 0 Å². The van der Waals surface area contributed by atoms with Gasteiger partial charge in [-0.05, 0) is 36.8 Å². The van der Waals surface area contributed by atoms with E-state index in [4.69, 9.17) is 14.2 Å². The highest BCUT2D eigenvalue weighted by Gasteiger charge is 2.29. The zero-order valence-electron chi connectivity index (χ0n) is 13.6. The molecule has 0 radical (unpaired) electrons. The van der Waals surface area contributed by atoms with Crippen molar-refractivity contribution in [1.82, 2.24) is 0 Å². The molecule has 0 bridgehead atoms. The Morgan fingerprint density at radius 1 is 1.00 bits per heavy atom. The Morgan fingerprint density at radius 3 is 2.29 bits per heavy atom. The molecule has 0 saturated carbocycles. The fraction of sp³-hybridized carbons (Fsp3) is 0.158. The lowest BCUT2D eigenvalue weighted by Gasteiger charge is -2.07. The van der Waals surface area contributed by atoms with Crippen LogP contribution in [-0.2, 0) is 4.79 Å². The summed E-state index contributed by atoms with van der Waals surface area (Å²) in [6.07, 6.45) is 0. The highest BCUT2D eigenvalue weighted by Crippen LogP contribution is 2.37. The third-order valence-corrected chi connectivity index (χ3v) is 3.74. The molecule has 1 heterocycles. The maximum atomic E-state index is 12.5. The number of Topliss-reactive ketones (excluding diaryl/α,β-unsaturated/α-hetero) is 1. The van der Waals surface area contributed by atoms with Gasteiger partial charge >= 0.3 is 5.97 Å². The summed E-state index contributed by atoms with van der Waals surface area (Å²) in [5.41, 5.74) is 2.04. The molecule has 5 heteroatoms. The number of ketones is 1. The van der Waals surface area contributed by atoms with Crippen LogP contribution in [0.3, 0.4) is 0 Å². The van der Waals surface area contributed by atoms with Gasteiger partial charge in [0.1, 0.15) is 17.2 Å². The lowest BCUT2D eigenvalue weighted by atomic mass is 10.0. The molecule has 2 aromatic carbocycles. The number of allylic oxidation sites excluding steroid dienone is 2. The molecule has 24 heavy (non-hydrogen) atoms. The fourth-order valence-corrected chi connectivity index (χ4v) is 2.50. The Bertz CT molecular complexity index is 847. The molecule has 5 nitrogen and oxygen atoms in total. The Labute approximate surface area is 139 Å². The maximum Gasteiger partial charge on any atom is 0.308 e.